The lowest BCUT2D eigenvalue weighted by molar-refractivity contribution is 0.0654. The Labute approximate surface area is 253 Å². The van der Waals surface area contributed by atoms with E-state index in [1.165, 1.54) is 25.6 Å². The summed E-state index contributed by atoms with van der Waals surface area (Å²) in [6, 6.07) is 12.2. The Bertz CT molecular complexity index is 1460. The number of rotatable bonds is 10. The van der Waals surface area contributed by atoms with Crippen molar-refractivity contribution in [3.8, 4) is 11.5 Å². The average molecular weight is 605 g/mol. The number of hydrogen-bond donors (Lipinski definition) is 2. The second-order valence-electron chi connectivity index (χ2n) is 12.0. The molecule has 0 saturated heterocycles. The third-order valence-corrected chi connectivity index (χ3v) is 12.5. The molecule has 0 spiro atoms. The number of amides is 2. The SMILES string of the molecule is COc1cc(C(=O)N2CCC(c3cncnc3)=C[C@H]2CO[Si](C)(C)C(C)(C)C)c(NC(=O)O)cc1OCc1ccccc1. The molecule has 0 radical (unpaired) electrons. The van der Waals surface area contributed by atoms with E-state index in [0.29, 0.717) is 31.1 Å². The van der Waals surface area contributed by atoms with Crippen LogP contribution in [0.4, 0.5) is 10.5 Å². The summed E-state index contributed by atoms with van der Waals surface area (Å²) in [6.07, 6.45) is 6.32. The van der Waals surface area contributed by atoms with E-state index in [0.717, 1.165) is 16.7 Å². The number of carboxylic acid groups (broad SMARTS) is 1. The summed E-state index contributed by atoms with van der Waals surface area (Å²) in [7, 11) is -0.661. The third-order valence-electron chi connectivity index (χ3n) is 8.04. The van der Waals surface area contributed by atoms with Crippen LogP contribution in [0.3, 0.4) is 0 Å². The predicted molar refractivity (Wildman–Crippen MR) is 168 cm³/mol. The lowest BCUT2D eigenvalue weighted by Crippen LogP contribution is -2.49. The van der Waals surface area contributed by atoms with Crippen LogP contribution in [0.15, 0.2) is 67.3 Å². The van der Waals surface area contributed by atoms with Crippen LogP contribution in [-0.2, 0) is 11.0 Å². The van der Waals surface area contributed by atoms with Gasteiger partial charge in [-0.05, 0) is 41.8 Å². The summed E-state index contributed by atoms with van der Waals surface area (Å²) >= 11 is 0. The molecule has 10 nitrogen and oxygen atoms in total. The van der Waals surface area contributed by atoms with Crippen LogP contribution in [0.2, 0.25) is 18.1 Å². The first kappa shape index (κ1) is 31.7. The van der Waals surface area contributed by atoms with Crippen LogP contribution >= 0.6 is 0 Å². The molecule has 2 amide bonds. The third kappa shape index (κ3) is 7.79. The fourth-order valence-corrected chi connectivity index (χ4v) is 5.56. The van der Waals surface area contributed by atoms with E-state index in [1.54, 1.807) is 17.3 Å². The van der Waals surface area contributed by atoms with E-state index in [1.807, 2.05) is 36.4 Å². The van der Waals surface area contributed by atoms with Crippen molar-refractivity contribution >= 4 is 31.6 Å². The molecule has 0 saturated carbocycles. The average Bonchev–Trinajstić information content (AvgIpc) is 2.98. The summed E-state index contributed by atoms with van der Waals surface area (Å²) in [5.74, 6) is 0.286. The zero-order chi connectivity index (χ0) is 31.2. The highest BCUT2D eigenvalue weighted by Crippen LogP contribution is 2.38. The summed E-state index contributed by atoms with van der Waals surface area (Å²) in [4.78, 5) is 36.1. The van der Waals surface area contributed by atoms with Gasteiger partial charge in [-0.2, -0.15) is 0 Å². The molecular weight excluding hydrogens is 564 g/mol. The van der Waals surface area contributed by atoms with Gasteiger partial charge in [0.2, 0.25) is 0 Å². The second kappa shape index (κ2) is 13.4. The van der Waals surface area contributed by atoms with Gasteiger partial charge in [-0.25, -0.2) is 14.8 Å². The van der Waals surface area contributed by atoms with E-state index in [2.05, 4.69) is 49.1 Å². The van der Waals surface area contributed by atoms with Crippen molar-refractivity contribution in [3.05, 3.63) is 84.0 Å². The van der Waals surface area contributed by atoms with Crippen LogP contribution in [-0.4, -0.2) is 66.6 Å². The Hall–Kier alpha value is -4.22. The van der Waals surface area contributed by atoms with Crippen LogP contribution in [0, 0.1) is 0 Å². The van der Waals surface area contributed by atoms with Gasteiger partial charge in [-0.1, -0.05) is 57.2 Å². The van der Waals surface area contributed by atoms with Crippen LogP contribution in [0.5, 0.6) is 11.5 Å². The Balaban J connectivity index is 1.69. The Kier molecular flexibility index (Phi) is 9.87. The molecule has 1 aromatic heterocycles. The minimum atomic E-state index is -2.14. The van der Waals surface area contributed by atoms with Gasteiger partial charge in [0.1, 0.15) is 12.9 Å². The number of nitrogens with zero attached hydrogens (tertiary/aromatic N) is 3. The number of carbonyl (C=O) groups is 2. The van der Waals surface area contributed by atoms with Gasteiger partial charge in [0.15, 0.2) is 19.8 Å². The van der Waals surface area contributed by atoms with Crippen LogP contribution in [0.1, 0.15) is 48.7 Å². The molecule has 1 aliphatic heterocycles. The topological polar surface area (TPSA) is 123 Å². The maximum Gasteiger partial charge on any atom is 0.409 e. The molecule has 228 valence electrons. The minimum absolute atomic E-state index is 0.0160. The summed E-state index contributed by atoms with van der Waals surface area (Å²) < 4.78 is 18.2. The Morgan fingerprint density at radius 3 is 2.42 bits per heavy atom. The standard InChI is InChI=1S/C32H40N4O6Si/c1-32(2,3)43(5,6)42-20-25-14-23(24-17-33-21-34-18-24)12-13-36(25)30(37)26-15-28(40-4)29(16-27(26)35-31(38)39)41-19-22-10-8-7-9-11-22/h7-11,14-18,21,25,35H,12-13,19-20H2,1-6H3,(H,38,39)/t25-/m0/s1. The van der Waals surface area contributed by atoms with E-state index >= 15 is 0 Å². The highest BCUT2D eigenvalue weighted by atomic mass is 28.4. The van der Waals surface area contributed by atoms with Crippen molar-refractivity contribution in [1.82, 2.24) is 14.9 Å². The van der Waals surface area contributed by atoms with Crippen molar-refractivity contribution < 1.29 is 28.6 Å². The largest absolute Gasteiger partial charge is 0.493 e. The van der Waals surface area contributed by atoms with E-state index in [4.69, 9.17) is 13.9 Å². The summed E-state index contributed by atoms with van der Waals surface area (Å²) in [5.41, 5.74) is 3.11. The van der Waals surface area contributed by atoms with Gasteiger partial charge in [-0.15, -0.1) is 0 Å². The second-order valence-corrected chi connectivity index (χ2v) is 16.8. The first-order chi connectivity index (χ1) is 20.4. The van der Waals surface area contributed by atoms with Crippen molar-refractivity contribution in [1.29, 1.82) is 0 Å². The maximum absolute atomic E-state index is 14.2. The van der Waals surface area contributed by atoms with Crippen molar-refractivity contribution in [2.45, 2.75) is 58.0 Å². The minimum Gasteiger partial charge on any atom is -0.493 e. The molecule has 2 heterocycles. The molecule has 1 atom stereocenters. The molecular formula is C32H40N4O6Si. The summed E-state index contributed by atoms with van der Waals surface area (Å²) in [6.45, 7) is 11.8. The maximum atomic E-state index is 14.2. The van der Waals surface area contributed by atoms with Crippen molar-refractivity contribution in [3.63, 3.8) is 0 Å². The van der Waals surface area contributed by atoms with Crippen molar-refractivity contribution in [2.24, 2.45) is 0 Å². The van der Waals surface area contributed by atoms with Crippen molar-refractivity contribution in [2.75, 3.05) is 25.6 Å². The lowest BCUT2D eigenvalue weighted by Gasteiger charge is -2.40. The molecule has 0 bridgehead atoms. The highest BCUT2D eigenvalue weighted by molar-refractivity contribution is 6.74. The zero-order valence-corrected chi connectivity index (χ0v) is 26.6. The monoisotopic (exact) mass is 604 g/mol. The number of nitrogens with one attached hydrogen (secondary N) is 1. The number of methoxy groups -OCH3 is 1. The molecule has 0 fully saturated rings. The molecule has 11 heteroatoms. The predicted octanol–water partition coefficient (Wildman–Crippen LogP) is 6.47. The van der Waals surface area contributed by atoms with Gasteiger partial charge in [0.05, 0.1) is 31.0 Å². The number of hydrogen-bond acceptors (Lipinski definition) is 7. The normalized spacial score (nSPS) is 15.4. The highest BCUT2D eigenvalue weighted by Gasteiger charge is 2.39. The molecule has 3 aromatic rings. The Morgan fingerprint density at radius 2 is 1.79 bits per heavy atom. The van der Waals surface area contributed by atoms with E-state index in [9.17, 15) is 14.7 Å². The van der Waals surface area contributed by atoms with Gasteiger partial charge in [0, 0.05) is 30.6 Å². The first-order valence-electron chi connectivity index (χ1n) is 14.2. The molecule has 2 N–H and O–H groups in total. The fourth-order valence-electron chi connectivity index (χ4n) is 4.54. The number of benzene rings is 2. The van der Waals surface area contributed by atoms with E-state index in [-0.39, 0.29) is 28.8 Å². The Morgan fingerprint density at radius 1 is 1.09 bits per heavy atom. The summed E-state index contributed by atoms with van der Waals surface area (Å²) in [5, 5.41) is 12.0. The van der Waals surface area contributed by atoms with Crippen LogP contribution in [0.25, 0.3) is 5.57 Å². The number of aromatic nitrogens is 2. The molecule has 4 rings (SSSR count). The molecule has 0 aliphatic carbocycles. The van der Waals surface area contributed by atoms with E-state index < -0.39 is 20.5 Å². The number of ether oxygens (including phenoxy) is 2. The quantitative estimate of drug-likeness (QED) is 0.252. The molecule has 43 heavy (non-hydrogen) atoms. The van der Waals surface area contributed by atoms with Gasteiger partial charge < -0.3 is 23.9 Å². The first-order valence-corrected chi connectivity index (χ1v) is 17.1. The van der Waals surface area contributed by atoms with Gasteiger partial charge in [0.25, 0.3) is 5.91 Å². The number of anilines is 1. The lowest BCUT2D eigenvalue weighted by atomic mass is 9.97. The van der Waals surface area contributed by atoms with Crippen LogP contribution < -0.4 is 14.8 Å². The van der Waals surface area contributed by atoms with Gasteiger partial charge in [-0.3, -0.25) is 10.1 Å². The van der Waals surface area contributed by atoms with Gasteiger partial charge >= 0.3 is 6.09 Å². The smallest absolute Gasteiger partial charge is 0.409 e. The fraction of sp³-hybridized carbons (Fsp3) is 0.375. The molecule has 2 aromatic carbocycles. The molecule has 1 aliphatic rings. The number of carbonyl (C=O) groups excluding carboxylic acids is 1. The molecule has 0 unspecified atom stereocenters. The zero-order valence-electron chi connectivity index (χ0n) is 25.6.